The molecular formula is C32H38F2N2O5S. The largest absolute Gasteiger partial charge is 0.481 e. The highest BCUT2D eigenvalue weighted by molar-refractivity contribution is 7.89. The fourth-order valence-electron chi connectivity index (χ4n) is 5.68. The third-order valence-electron chi connectivity index (χ3n) is 7.82. The molecule has 10 heteroatoms. The number of aliphatic hydroxyl groups excluding tert-OH is 1. The Morgan fingerprint density at radius 3 is 2.31 bits per heavy atom. The number of aliphatic carboxylic acids is 1. The molecule has 0 aromatic heterocycles. The van der Waals surface area contributed by atoms with Gasteiger partial charge in [0, 0.05) is 43.2 Å². The number of benzene rings is 3. The van der Waals surface area contributed by atoms with Gasteiger partial charge in [0.15, 0.2) is 0 Å². The molecule has 3 N–H and O–H groups in total. The lowest BCUT2D eigenvalue weighted by Gasteiger charge is -2.31. The van der Waals surface area contributed by atoms with E-state index in [-0.39, 0.29) is 47.5 Å². The van der Waals surface area contributed by atoms with E-state index >= 15 is 4.39 Å². The Bertz CT molecular complexity index is 1520. The van der Waals surface area contributed by atoms with E-state index in [4.69, 9.17) is 5.11 Å². The molecule has 1 aliphatic rings. The second-order valence-corrected chi connectivity index (χ2v) is 13.8. The summed E-state index contributed by atoms with van der Waals surface area (Å²) in [6.07, 6.45) is 1.91. The molecule has 0 spiro atoms. The van der Waals surface area contributed by atoms with Crippen LogP contribution in [-0.4, -0.2) is 60.7 Å². The van der Waals surface area contributed by atoms with E-state index in [1.807, 2.05) is 0 Å². The highest BCUT2D eigenvalue weighted by Gasteiger charge is 2.30. The predicted molar refractivity (Wildman–Crippen MR) is 158 cm³/mol. The summed E-state index contributed by atoms with van der Waals surface area (Å²) in [5, 5.41) is 22.9. The number of carbonyl (C=O) groups is 1. The molecule has 0 amide bonds. The Morgan fingerprint density at radius 1 is 1.02 bits per heavy atom. The van der Waals surface area contributed by atoms with Gasteiger partial charge >= 0.3 is 5.97 Å². The number of carboxylic acid groups (broad SMARTS) is 1. The summed E-state index contributed by atoms with van der Waals surface area (Å²) in [6.45, 7) is 4.11. The molecule has 4 rings (SSSR count). The molecule has 226 valence electrons. The van der Waals surface area contributed by atoms with Crippen LogP contribution in [0.1, 0.15) is 43.4 Å². The van der Waals surface area contributed by atoms with Gasteiger partial charge in [-0.05, 0) is 92.5 Å². The van der Waals surface area contributed by atoms with Crippen LogP contribution < -0.4 is 5.32 Å². The van der Waals surface area contributed by atoms with Crippen molar-refractivity contribution in [2.75, 3.05) is 20.1 Å². The van der Waals surface area contributed by atoms with Crippen LogP contribution in [0.4, 0.5) is 8.78 Å². The van der Waals surface area contributed by atoms with Gasteiger partial charge in [0.05, 0.1) is 11.0 Å². The molecule has 0 bridgehead atoms. The molecule has 0 heterocycles. The molecular weight excluding hydrogens is 562 g/mol. The van der Waals surface area contributed by atoms with Gasteiger partial charge in [0.25, 0.3) is 0 Å². The molecule has 7 nitrogen and oxygen atoms in total. The van der Waals surface area contributed by atoms with Crippen LogP contribution in [0.2, 0.25) is 0 Å². The first kappa shape index (κ1) is 31.7. The number of β-amino-alcohol motifs (C(OH)–C–C–N with tert-alkyl or cyclic N) is 1. The van der Waals surface area contributed by atoms with E-state index in [0.717, 1.165) is 35.7 Å². The van der Waals surface area contributed by atoms with Crippen molar-refractivity contribution < 1.29 is 32.2 Å². The summed E-state index contributed by atoms with van der Waals surface area (Å²) < 4.78 is 57.0. The van der Waals surface area contributed by atoms with Gasteiger partial charge in [0.2, 0.25) is 10.0 Å². The number of aryl methyl sites for hydroxylation is 1. The molecule has 1 aliphatic carbocycles. The van der Waals surface area contributed by atoms with Crippen molar-refractivity contribution in [1.29, 1.82) is 0 Å². The fourth-order valence-corrected chi connectivity index (χ4v) is 6.90. The Balaban J connectivity index is 1.36. The molecule has 0 unspecified atom stereocenters. The number of nitrogens with zero attached hydrogens (tertiary/aromatic N) is 1. The van der Waals surface area contributed by atoms with Crippen LogP contribution in [0.5, 0.6) is 0 Å². The maximum absolute atomic E-state index is 15.1. The number of carboxylic acids is 1. The third-order valence-corrected chi connectivity index (χ3v) is 9.64. The van der Waals surface area contributed by atoms with E-state index in [2.05, 4.69) is 43.4 Å². The van der Waals surface area contributed by atoms with Gasteiger partial charge in [-0.15, -0.1) is 0 Å². The van der Waals surface area contributed by atoms with Gasteiger partial charge in [0.1, 0.15) is 11.6 Å². The first-order valence-electron chi connectivity index (χ1n) is 14.0. The average Bonchev–Trinajstić information content (AvgIpc) is 3.33. The number of likely N-dealkylation sites (N-methyl/N-ethyl adjacent to an activating group) is 1. The average molecular weight is 601 g/mol. The minimum absolute atomic E-state index is 0.0849. The van der Waals surface area contributed by atoms with Crippen molar-refractivity contribution >= 4 is 16.0 Å². The summed E-state index contributed by atoms with van der Waals surface area (Å²) in [5.41, 5.74) is 2.78. The lowest BCUT2D eigenvalue weighted by atomic mass is 9.88. The summed E-state index contributed by atoms with van der Waals surface area (Å²) in [5.74, 6) is -2.16. The Morgan fingerprint density at radius 2 is 1.69 bits per heavy atom. The van der Waals surface area contributed by atoms with Crippen LogP contribution >= 0.6 is 0 Å². The van der Waals surface area contributed by atoms with E-state index in [1.54, 1.807) is 0 Å². The Hall–Kier alpha value is -3.18. The maximum atomic E-state index is 15.1. The normalized spacial score (nSPS) is 14.7. The van der Waals surface area contributed by atoms with Crippen LogP contribution in [0.3, 0.4) is 0 Å². The number of rotatable bonds is 13. The van der Waals surface area contributed by atoms with Gasteiger partial charge in [-0.2, -0.15) is 4.31 Å². The van der Waals surface area contributed by atoms with E-state index in [0.29, 0.717) is 11.5 Å². The minimum Gasteiger partial charge on any atom is -0.481 e. The van der Waals surface area contributed by atoms with Crippen molar-refractivity contribution in [2.24, 2.45) is 5.92 Å². The molecule has 42 heavy (non-hydrogen) atoms. The van der Waals surface area contributed by atoms with Crippen molar-refractivity contribution in [3.8, 4) is 11.1 Å². The van der Waals surface area contributed by atoms with Crippen molar-refractivity contribution in [3.05, 3.63) is 89.0 Å². The van der Waals surface area contributed by atoms with Crippen LogP contribution in [-0.2, 0) is 34.1 Å². The second kappa shape index (κ2) is 13.0. The van der Waals surface area contributed by atoms with E-state index in [1.165, 1.54) is 42.4 Å². The predicted octanol–water partition coefficient (Wildman–Crippen LogP) is 4.80. The molecule has 0 saturated carbocycles. The lowest BCUT2D eigenvalue weighted by molar-refractivity contribution is -0.136. The number of hydrogen-bond acceptors (Lipinski definition) is 5. The van der Waals surface area contributed by atoms with Crippen LogP contribution in [0, 0.1) is 17.6 Å². The number of fused-ring (bicyclic) bond motifs is 1. The molecule has 0 aliphatic heterocycles. The third kappa shape index (κ3) is 7.80. The molecule has 3 aromatic rings. The number of sulfonamides is 1. The Kier molecular flexibility index (Phi) is 9.82. The highest BCUT2D eigenvalue weighted by atomic mass is 32.2. The highest BCUT2D eigenvalue weighted by Crippen LogP contribution is 2.32. The molecule has 1 atom stereocenters. The summed E-state index contributed by atoms with van der Waals surface area (Å²) >= 11 is 0. The summed E-state index contributed by atoms with van der Waals surface area (Å²) in [7, 11) is -2.83. The zero-order chi connectivity index (χ0) is 30.7. The SMILES string of the molecule is CN(C[C@H](O)CNC(C)(C)CC1Cc2ccccc2C1)S(=O)(=O)c1ccc(-c2cc(CCC(=O)O)ccc2F)c(F)c1. The van der Waals surface area contributed by atoms with Crippen molar-refractivity contribution in [3.63, 3.8) is 0 Å². The summed E-state index contributed by atoms with van der Waals surface area (Å²) in [6, 6.07) is 15.6. The quantitative estimate of drug-likeness (QED) is 0.260. The fraction of sp³-hybridized carbons (Fsp3) is 0.406. The van der Waals surface area contributed by atoms with Crippen molar-refractivity contribution in [1.82, 2.24) is 9.62 Å². The summed E-state index contributed by atoms with van der Waals surface area (Å²) in [4.78, 5) is 10.5. The molecule has 0 saturated heterocycles. The van der Waals surface area contributed by atoms with Gasteiger partial charge in [-0.25, -0.2) is 17.2 Å². The molecule has 0 radical (unpaired) electrons. The minimum atomic E-state index is -4.15. The van der Waals surface area contributed by atoms with Gasteiger partial charge in [-0.3, -0.25) is 4.79 Å². The first-order valence-corrected chi connectivity index (χ1v) is 15.5. The first-order chi connectivity index (χ1) is 19.7. The number of halogens is 2. The van der Waals surface area contributed by atoms with E-state index < -0.39 is 33.7 Å². The zero-order valence-corrected chi connectivity index (χ0v) is 24.9. The smallest absolute Gasteiger partial charge is 0.303 e. The van der Waals surface area contributed by atoms with Crippen molar-refractivity contribution in [2.45, 2.75) is 62.5 Å². The molecule has 3 aromatic carbocycles. The number of hydrogen-bond donors (Lipinski definition) is 3. The lowest BCUT2D eigenvalue weighted by Crippen LogP contribution is -2.47. The van der Waals surface area contributed by atoms with Crippen LogP contribution in [0.25, 0.3) is 11.1 Å². The standard InChI is InChI=1S/C32H38F2N2O5S/c1-32(2,18-22-14-23-6-4-5-7-24(23)15-22)35-19-25(37)20-36(3)42(40,41)26-10-11-27(30(34)17-26)28-16-21(8-12-29(28)33)9-13-31(38)39/h4-8,10-12,16-17,22,25,35,37H,9,13-15,18-20H2,1-3H3,(H,38,39)/t25-/m1/s1. The zero-order valence-electron chi connectivity index (χ0n) is 24.1. The molecule has 0 fully saturated rings. The van der Waals surface area contributed by atoms with Crippen LogP contribution in [0.15, 0.2) is 65.6 Å². The number of nitrogens with one attached hydrogen (secondary N) is 1. The second-order valence-electron chi connectivity index (χ2n) is 11.8. The topological polar surface area (TPSA) is 107 Å². The van der Waals surface area contributed by atoms with E-state index in [9.17, 15) is 22.7 Å². The monoisotopic (exact) mass is 600 g/mol. The Labute approximate surface area is 246 Å². The number of aliphatic hydroxyl groups is 1. The van der Waals surface area contributed by atoms with Gasteiger partial charge < -0.3 is 15.5 Å². The maximum Gasteiger partial charge on any atom is 0.303 e. The van der Waals surface area contributed by atoms with Gasteiger partial charge in [-0.1, -0.05) is 30.3 Å².